The minimum atomic E-state index is -0.417. The molecule has 0 aromatic carbocycles. The average Bonchev–Trinajstić information content (AvgIpc) is 2.71. The van der Waals surface area contributed by atoms with Gasteiger partial charge in [0.15, 0.2) is 5.79 Å². The normalized spacial score (nSPS) is 30.4. The summed E-state index contributed by atoms with van der Waals surface area (Å²) >= 11 is 0. The van der Waals surface area contributed by atoms with Gasteiger partial charge in [-0.1, -0.05) is 12.5 Å². The molecule has 1 spiro atoms. The van der Waals surface area contributed by atoms with Gasteiger partial charge in [0.2, 0.25) is 0 Å². The third kappa shape index (κ3) is 2.65. The molecule has 16 heavy (non-hydrogen) atoms. The van der Waals surface area contributed by atoms with Gasteiger partial charge in [0.25, 0.3) is 0 Å². The van der Waals surface area contributed by atoms with Crippen molar-refractivity contribution in [1.82, 2.24) is 0 Å². The van der Waals surface area contributed by atoms with Crippen LogP contribution in [0.3, 0.4) is 0 Å². The largest absolute Gasteiger partial charge is 0.390 e. The molecule has 1 N–H and O–H groups in total. The standard InChI is InChI=1S/C13H22O3/c1-2-3-7-11(14)12-10-15-13(16-12)8-5-4-6-9-13/h2,11-12,14H,1,3-10H2/t11-,12+/m1/s1. The third-order valence-corrected chi connectivity index (χ3v) is 3.59. The van der Waals surface area contributed by atoms with E-state index in [1.54, 1.807) is 0 Å². The first-order chi connectivity index (χ1) is 7.76. The van der Waals surface area contributed by atoms with E-state index in [0.717, 1.165) is 19.3 Å². The second-order valence-electron chi connectivity index (χ2n) is 4.87. The molecule has 1 aliphatic heterocycles. The Morgan fingerprint density at radius 3 is 2.81 bits per heavy atom. The predicted molar refractivity (Wildman–Crippen MR) is 62.1 cm³/mol. The van der Waals surface area contributed by atoms with Crippen LogP contribution in [0.2, 0.25) is 0 Å². The van der Waals surface area contributed by atoms with E-state index < -0.39 is 6.10 Å². The van der Waals surface area contributed by atoms with Gasteiger partial charge >= 0.3 is 0 Å². The van der Waals surface area contributed by atoms with Gasteiger partial charge in [-0.25, -0.2) is 0 Å². The highest BCUT2D eigenvalue weighted by Gasteiger charge is 2.44. The fraction of sp³-hybridized carbons (Fsp3) is 0.846. The molecule has 1 saturated heterocycles. The van der Waals surface area contributed by atoms with Gasteiger partial charge < -0.3 is 14.6 Å². The summed E-state index contributed by atoms with van der Waals surface area (Å²) in [4.78, 5) is 0. The van der Waals surface area contributed by atoms with Crippen LogP contribution < -0.4 is 0 Å². The van der Waals surface area contributed by atoms with Crippen molar-refractivity contribution >= 4 is 0 Å². The number of ether oxygens (including phenoxy) is 2. The van der Waals surface area contributed by atoms with Crippen LogP contribution in [0, 0.1) is 0 Å². The Bertz CT molecular complexity index is 233. The monoisotopic (exact) mass is 226 g/mol. The first-order valence-corrected chi connectivity index (χ1v) is 6.36. The van der Waals surface area contributed by atoms with Gasteiger partial charge in [-0.2, -0.15) is 0 Å². The van der Waals surface area contributed by atoms with Crippen molar-refractivity contribution in [2.24, 2.45) is 0 Å². The fourth-order valence-electron chi connectivity index (χ4n) is 2.59. The van der Waals surface area contributed by atoms with Crippen LogP contribution >= 0.6 is 0 Å². The second kappa shape index (κ2) is 5.30. The smallest absolute Gasteiger partial charge is 0.169 e. The maximum Gasteiger partial charge on any atom is 0.169 e. The molecule has 2 fully saturated rings. The first-order valence-electron chi connectivity index (χ1n) is 6.36. The zero-order chi connectivity index (χ0) is 11.4. The van der Waals surface area contributed by atoms with Crippen molar-refractivity contribution in [3.05, 3.63) is 12.7 Å². The molecule has 3 heteroatoms. The maximum atomic E-state index is 9.94. The van der Waals surface area contributed by atoms with Crippen LogP contribution in [0.25, 0.3) is 0 Å². The lowest BCUT2D eigenvalue weighted by Gasteiger charge is -2.32. The number of hydrogen-bond acceptors (Lipinski definition) is 3. The van der Waals surface area contributed by atoms with E-state index in [1.165, 1.54) is 19.3 Å². The van der Waals surface area contributed by atoms with Crippen LogP contribution in [-0.4, -0.2) is 29.7 Å². The third-order valence-electron chi connectivity index (χ3n) is 3.59. The summed E-state index contributed by atoms with van der Waals surface area (Å²) in [7, 11) is 0. The van der Waals surface area contributed by atoms with Gasteiger partial charge in [-0.15, -0.1) is 6.58 Å². The molecule has 0 amide bonds. The van der Waals surface area contributed by atoms with Crippen molar-refractivity contribution < 1.29 is 14.6 Å². The molecule has 92 valence electrons. The summed E-state index contributed by atoms with van der Waals surface area (Å²) in [6.07, 6.45) is 8.41. The quantitative estimate of drug-likeness (QED) is 0.748. The number of allylic oxidation sites excluding steroid dienone is 1. The van der Waals surface area contributed by atoms with E-state index in [-0.39, 0.29) is 11.9 Å². The van der Waals surface area contributed by atoms with Crippen LogP contribution in [0.1, 0.15) is 44.9 Å². The topological polar surface area (TPSA) is 38.7 Å². The highest BCUT2D eigenvalue weighted by atomic mass is 16.7. The zero-order valence-corrected chi connectivity index (χ0v) is 9.86. The van der Waals surface area contributed by atoms with Gasteiger partial charge in [0, 0.05) is 12.8 Å². The van der Waals surface area contributed by atoms with Gasteiger partial charge in [-0.05, 0) is 25.7 Å². The summed E-state index contributed by atoms with van der Waals surface area (Å²) in [5, 5.41) is 9.94. The van der Waals surface area contributed by atoms with E-state index in [2.05, 4.69) is 6.58 Å². The highest BCUT2D eigenvalue weighted by Crippen LogP contribution is 2.38. The molecule has 0 aromatic rings. The molecule has 0 radical (unpaired) electrons. The Hall–Kier alpha value is -0.380. The van der Waals surface area contributed by atoms with Gasteiger partial charge in [0.05, 0.1) is 12.7 Å². The summed E-state index contributed by atoms with van der Waals surface area (Å²) in [5.74, 6) is -0.363. The van der Waals surface area contributed by atoms with E-state index in [1.807, 2.05) is 6.08 Å². The molecular weight excluding hydrogens is 204 g/mol. The Morgan fingerprint density at radius 2 is 2.12 bits per heavy atom. The molecule has 3 nitrogen and oxygen atoms in total. The molecule has 1 aliphatic carbocycles. The summed E-state index contributed by atoms with van der Waals surface area (Å²) in [6.45, 7) is 4.20. The van der Waals surface area contributed by atoms with Crippen LogP contribution in [0.4, 0.5) is 0 Å². The van der Waals surface area contributed by atoms with Crippen molar-refractivity contribution in [3.8, 4) is 0 Å². The Kier molecular flexibility index (Phi) is 4.00. The van der Waals surface area contributed by atoms with Crippen molar-refractivity contribution in [3.63, 3.8) is 0 Å². The summed E-state index contributed by atoms with van der Waals surface area (Å²) in [6, 6.07) is 0. The second-order valence-corrected chi connectivity index (χ2v) is 4.87. The SMILES string of the molecule is C=CCC[C@@H](O)[C@@H]1COC2(CCCCC2)O1. The zero-order valence-electron chi connectivity index (χ0n) is 9.86. The number of rotatable bonds is 4. The molecule has 0 aromatic heterocycles. The highest BCUT2D eigenvalue weighted by molar-refractivity contribution is 4.86. The molecule has 1 saturated carbocycles. The molecule has 0 unspecified atom stereocenters. The van der Waals surface area contributed by atoms with Gasteiger partial charge in [-0.3, -0.25) is 0 Å². The minimum absolute atomic E-state index is 0.141. The van der Waals surface area contributed by atoms with E-state index in [4.69, 9.17) is 9.47 Å². The Morgan fingerprint density at radius 1 is 1.38 bits per heavy atom. The van der Waals surface area contributed by atoms with Crippen LogP contribution in [0.5, 0.6) is 0 Å². The first kappa shape index (κ1) is 12.1. The van der Waals surface area contributed by atoms with Crippen molar-refractivity contribution in [1.29, 1.82) is 0 Å². The minimum Gasteiger partial charge on any atom is -0.390 e. The summed E-state index contributed by atoms with van der Waals surface area (Å²) in [5.41, 5.74) is 0. The van der Waals surface area contributed by atoms with E-state index in [0.29, 0.717) is 13.0 Å². The predicted octanol–water partition coefficient (Wildman–Crippen LogP) is 2.39. The lowest BCUT2D eigenvalue weighted by Crippen LogP contribution is -2.35. The fourth-order valence-corrected chi connectivity index (χ4v) is 2.59. The summed E-state index contributed by atoms with van der Waals surface area (Å²) < 4.78 is 11.7. The molecule has 2 aliphatic rings. The molecule has 0 bridgehead atoms. The van der Waals surface area contributed by atoms with E-state index >= 15 is 0 Å². The number of hydrogen-bond donors (Lipinski definition) is 1. The van der Waals surface area contributed by atoms with Crippen LogP contribution in [-0.2, 0) is 9.47 Å². The van der Waals surface area contributed by atoms with Gasteiger partial charge in [0.1, 0.15) is 6.10 Å². The number of aliphatic hydroxyl groups excluding tert-OH is 1. The van der Waals surface area contributed by atoms with Crippen molar-refractivity contribution in [2.45, 2.75) is 62.9 Å². The van der Waals surface area contributed by atoms with Crippen molar-refractivity contribution in [2.75, 3.05) is 6.61 Å². The lowest BCUT2D eigenvalue weighted by atomic mass is 9.94. The van der Waals surface area contributed by atoms with E-state index in [9.17, 15) is 5.11 Å². The number of aliphatic hydroxyl groups is 1. The molecule has 1 heterocycles. The maximum absolute atomic E-state index is 9.94. The molecule has 2 rings (SSSR count). The Balaban J connectivity index is 1.84. The average molecular weight is 226 g/mol. The Labute approximate surface area is 97.4 Å². The lowest BCUT2D eigenvalue weighted by molar-refractivity contribution is -0.195. The molecule has 2 atom stereocenters. The molecular formula is C13H22O3. The van der Waals surface area contributed by atoms with Crippen LogP contribution in [0.15, 0.2) is 12.7 Å².